The van der Waals surface area contributed by atoms with Crippen LogP contribution < -0.4 is 11.1 Å². The van der Waals surface area contributed by atoms with Gasteiger partial charge in [0, 0.05) is 18.5 Å². The second kappa shape index (κ2) is 5.32. The van der Waals surface area contributed by atoms with Crippen molar-refractivity contribution in [2.45, 2.75) is 26.7 Å². The predicted octanol–water partition coefficient (Wildman–Crippen LogP) is 2.09. The molecule has 1 aromatic carbocycles. The van der Waals surface area contributed by atoms with Crippen molar-refractivity contribution in [3.8, 4) is 0 Å². The number of hydrogen-bond donors (Lipinski definition) is 3. The van der Waals surface area contributed by atoms with Gasteiger partial charge in [-0.25, -0.2) is 4.98 Å². The Labute approximate surface area is 116 Å². The number of aromatic nitrogens is 2. The molecule has 6 nitrogen and oxygen atoms in total. The van der Waals surface area contributed by atoms with Gasteiger partial charge in [-0.3, -0.25) is 4.79 Å². The maximum atomic E-state index is 12.0. The Hall–Kier alpha value is -2.37. The van der Waals surface area contributed by atoms with Crippen LogP contribution in [0.25, 0.3) is 11.0 Å². The van der Waals surface area contributed by atoms with E-state index >= 15 is 0 Å². The van der Waals surface area contributed by atoms with Gasteiger partial charge in [0.2, 0.25) is 5.91 Å². The summed E-state index contributed by atoms with van der Waals surface area (Å²) in [7, 11) is 0. The predicted molar refractivity (Wildman–Crippen MR) is 78.2 cm³/mol. The number of nitrogens with one attached hydrogen (secondary N) is 2. The summed E-state index contributed by atoms with van der Waals surface area (Å²) in [6.45, 7) is 3.77. The molecule has 1 heterocycles. The van der Waals surface area contributed by atoms with Crippen molar-refractivity contribution in [2.24, 2.45) is 5.41 Å². The van der Waals surface area contributed by atoms with Crippen molar-refractivity contribution in [3.05, 3.63) is 18.2 Å². The Kier molecular flexibility index (Phi) is 3.74. The molecule has 0 aliphatic rings. The van der Waals surface area contributed by atoms with Gasteiger partial charge in [0.1, 0.15) is 6.29 Å². The highest BCUT2D eigenvalue weighted by atomic mass is 16.1. The van der Waals surface area contributed by atoms with E-state index in [-0.39, 0.29) is 17.7 Å². The molecule has 1 amide bonds. The molecule has 0 radical (unpaired) electrons. The van der Waals surface area contributed by atoms with E-state index in [0.717, 1.165) is 11.8 Å². The van der Waals surface area contributed by atoms with E-state index in [1.54, 1.807) is 12.1 Å². The number of amides is 1. The fraction of sp³-hybridized carbons (Fsp3) is 0.357. The lowest BCUT2D eigenvalue weighted by molar-refractivity contribution is -0.118. The molecule has 106 valence electrons. The molecule has 0 aliphatic heterocycles. The highest BCUT2D eigenvalue weighted by molar-refractivity contribution is 5.93. The van der Waals surface area contributed by atoms with Crippen LogP contribution in [0, 0.1) is 5.41 Å². The van der Waals surface area contributed by atoms with Gasteiger partial charge in [0.05, 0.1) is 11.0 Å². The summed E-state index contributed by atoms with van der Waals surface area (Å²) in [6.07, 6.45) is 1.48. The molecule has 1 aromatic heterocycles. The first kappa shape index (κ1) is 14.0. The molecule has 0 spiro atoms. The summed E-state index contributed by atoms with van der Waals surface area (Å²) in [5.41, 5.74) is 7.42. The second-order valence-corrected chi connectivity index (χ2v) is 5.61. The average Bonchev–Trinajstić information content (AvgIpc) is 2.67. The number of nitrogens with two attached hydrogens (primary N) is 1. The van der Waals surface area contributed by atoms with Crippen molar-refractivity contribution in [3.63, 3.8) is 0 Å². The number of benzene rings is 1. The molecule has 0 aliphatic carbocycles. The number of carbonyl (C=O) groups excluding carboxylic acids is 2. The lowest BCUT2D eigenvalue weighted by Gasteiger charge is -2.20. The first-order valence-electron chi connectivity index (χ1n) is 6.38. The topological polar surface area (TPSA) is 101 Å². The number of fused-ring (bicyclic) bond motifs is 1. The second-order valence-electron chi connectivity index (χ2n) is 5.61. The van der Waals surface area contributed by atoms with Crippen LogP contribution in [0.2, 0.25) is 0 Å². The van der Waals surface area contributed by atoms with E-state index in [0.29, 0.717) is 23.6 Å². The zero-order valence-electron chi connectivity index (χ0n) is 11.6. The maximum Gasteiger partial charge on any atom is 0.224 e. The summed E-state index contributed by atoms with van der Waals surface area (Å²) in [5.74, 6) is 0.218. The number of H-pyrrole nitrogens is 1. The minimum Gasteiger partial charge on any atom is -0.369 e. The van der Waals surface area contributed by atoms with Gasteiger partial charge in [-0.05, 0) is 23.6 Å². The van der Waals surface area contributed by atoms with Crippen LogP contribution in [0.15, 0.2) is 18.2 Å². The molecule has 0 saturated heterocycles. The van der Waals surface area contributed by atoms with Gasteiger partial charge >= 0.3 is 0 Å². The van der Waals surface area contributed by atoms with E-state index < -0.39 is 0 Å². The Morgan fingerprint density at radius 3 is 2.95 bits per heavy atom. The van der Waals surface area contributed by atoms with Crippen LogP contribution in [0.3, 0.4) is 0 Å². The Balaban J connectivity index is 2.07. The summed E-state index contributed by atoms with van der Waals surface area (Å²) >= 11 is 0. The summed E-state index contributed by atoms with van der Waals surface area (Å²) in [5, 5.41) is 2.81. The van der Waals surface area contributed by atoms with Gasteiger partial charge in [0.15, 0.2) is 5.95 Å². The number of aldehydes is 1. The van der Waals surface area contributed by atoms with E-state index in [2.05, 4.69) is 15.3 Å². The molecule has 0 bridgehead atoms. The van der Waals surface area contributed by atoms with Gasteiger partial charge in [-0.2, -0.15) is 0 Å². The normalized spacial score (nSPS) is 11.5. The molecule has 2 rings (SSSR count). The number of rotatable bonds is 5. The van der Waals surface area contributed by atoms with Crippen molar-refractivity contribution < 1.29 is 9.59 Å². The van der Waals surface area contributed by atoms with E-state index in [1.165, 1.54) is 0 Å². The number of carbonyl (C=O) groups is 2. The minimum absolute atomic E-state index is 0.125. The van der Waals surface area contributed by atoms with Crippen LogP contribution in [0.5, 0.6) is 0 Å². The van der Waals surface area contributed by atoms with Crippen LogP contribution in [-0.2, 0) is 9.59 Å². The number of nitrogens with zero attached hydrogens (tertiary/aromatic N) is 1. The Bertz CT molecular complexity index is 646. The lowest BCUT2D eigenvalue weighted by Crippen LogP contribution is -2.22. The molecular formula is C14H18N4O2. The van der Waals surface area contributed by atoms with Crippen molar-refractivity contribution in [1.82, 2.24) is 9.97 Å². The summed E-state index contributed by atoms with van der Waals surface area (Å²) in [6, 6.07) is 5.35. The standard InChI is InChI=1S/C14H18N4O2/c1-14(2,5-6-19)8-12(20)16-9-3-4-10-11(7-9)18-13(15)17-10/h3-4,6-7H,5,8H2,1-2H3,(H,16,20)(H3,15,17,18). The number of imidazole rings is 1. The van der Waals surface area contributed by atoms with E-state index in [1.807, 2.05) is 19.9 Å². The number of aromatic amines is 1. The monoisotopic (exact) mass is 274 g/mol. The highest BCUT2D eigenvalue weighted by Crippen LogP contribution is 2.25. The first-order valence-corrected chi connectivity index (χ1v) is 6.38. The van der Waals surface area contributed by atoms with E-state index in [9.17, 15) is 9.59 Å². The zero-order chi connectivity index (χ0) is 14.8. The van der Waals surface area contributed by atoms with Gasteiger partial charge in [-0.1, -0.05) is 13.8 Å². The fourth-order valence-corrected chi connectivity index (χ4v) is 2.04. The van der Waals surface area contributed by atoms with Gasteiger partial charge < -0.3 is 20.8 Å². The molecule has 0 atom stereocenters. The molecule has 0 fully saturated rings. The van der Waals surface area contributed by atoms with Crippen molar-refractivity contribution in [2.75, 3.05) is 11.1 Å². The number of nitrogen functional groups attached to an aromatic ring is 1. The Morgan fingerprint density at radius 1 is 1.50 bits per heavy atom. The summed E-state index contributed by atoms with van der Waals surface area (Å²) in [4.78, 5) is 29.5. The largest absolute Gasteiger partial charge is 0.369 e. The molecular weight excluding hydrogens is 256 g/mol. The zero-order valence-corrected chi connectivity index (χ0v) is 11.6. The van der Waals surface area contributed by atoms with Crippen LogP contribution >= 0.6 is 0 Å². The average molecular weight is 274 g/mol. The maximum absolute atomic E-state index is 12.0. The third-order valence-electron chi connectivity index (χ3n) is 3.06. The van der Waals surface area contributed by atoms with Gasteiger partial charge in [0.25, 0.3) is 0 Å². The molecule has 20 heavy (non-hydrogen) atoms. The fourth-order valence-electron chi connectivity index (χ4n) is 2.04. The quantitative estimate of drug-likeness (QED) is 0.726. The van der Waals surface area contributed by atoms with Crippen LogP contribution in [-0.4, -0.2) is 22.2 Å². The third kappa shape index (κ3) is 3.34. The Morgan fingerprint density at radius 2 is 2.25 bits per heavy atom. The third-order valence-corrected chi connectivity index (χ3v) is 3.06. The molecule has 6 heteroatoms. The number of hydrogen-bond acceptors (Lipinski definition) is 4. The molecule has 4 N–H and O–H groups in total. The van der Waals surface area contributed by atoms with E-state index in [4.69, 9.17) is 5.73 Å². The van der Waals surface area contributed by atoms with Crippen LogP contribution in [0.1, 0.15) is 26.7 Å². The number of anilines is 2. The lowest BCUT2D eigenvalue weighted by atomic mass is 9.86. The summed E-state index contributed by atoms with van der Waals surface area (Å²) < 4.78 is 0. The highest BCUT2D eigenvalue weighted by Gasteiger charge is 2.21. The molecule has 0 saturated carbocycles. The minimum atomic E-state index is -0.341. The van der Waals surface area contributed by atoms with Crippen molar-refractivity contribution >= 4 is 34.9 Å². The van der Waals surface area contributed by atoms with Crippen molar-refractivity contribution in [1.29, 1.82) is 0 Å². The first-order chi connectivity index (χ1) is 9.39. The van der Waals surface area contributed by atoms with Gasteiger partial charge in [-0.15, -0.1) is 0 Å². The molecule has 0 unspecified atom stereocenters. The smallest absolute Gasteiger partial charge is 0.224 e. The van der Waals surface area contributed by atoms with Crippen LogP contribution in [0.4, 0.5) is 11.6 Å². The molecule has 2 aromatic rings. The SMILES string of the molecule is CC(C)(CC=O)CC(=O)Nc1ccc2[nH]c(N)nc2c1.